The van der Waals surface area contributed by atoms with E-state index in [9.17, 15) is 4.79 Å². The number of hydrogen-bond acceptors (Lipinski definition) is 3. The van der Waals surface area contributed by atoms with Crippen molar-refractivity contribution < 1.29 is 7.65 Å². The maximum atomic E-state index is 12.8. The van der Waals surface area contributed by atoms with Crippen LogP contribution in [0.1, 0.15) is 45.0 Å². The second-order valence-corrected chi connectivity index (χ2v) is 8.91. The molecule has 2 aliphatic rings. The molecule has 2 aromatic carbocycles. The van der Waals surface area contributed by atoms with E-state index in [1.165, 1.54) is 11.1 Å². The van der Waals surface area contributed by atoms with E-state index in [0.717, 1.165) is 36.2 Å². The van der Waals surface area contributed by atoms with Gasteiger partial charge in [-0.05, 0) is 85.5 Å². The highest BCUT2D eigenvalue weighted by atomic mass is 16.1. The summed E-state index contributed by atoms with van der Waals surface area (Å²) in [5.41, 5.74) is 6.29. The van der Waals surface area contributed by atoms with Crippen molar-refractivity contribution in [2.45, 2.75) is 32.2 Å². The Labute approximate surface area is 200 Å². The highest BCUT2D eigenvalue weighted by Gasteiger charge is 2.40. The molecule has 2 aliphatic carbocycles. The van der Waals surface area contributed by atoms with Crippen LogP contribution in [-0.4, -0.2) is 30.9 Å². The molecule has 1 saturated carbocycles. The summed E-state index contributed by atoms with van der Waals surface area (Å²) in [6, 6.07) is 16.3. The largest absolute Gasteiger partial charge is 0.383 e. The molecule has 0 aromatic heterocycles. The minimum Gasteiger partial charge on any atom is -0.383 e. The van der Waals surface area contributed by atoms with Gasteiger partial charge in [0.05, 0.1) is 0 Å². The first kappa shape index (κ1) is 22.7. The SMILES string of the molecule is C/C=C(\C=C/N(C)C)c1ccc(Nc2cccc(C(=O)N[C@@H]3C[C@H]3C3=CCCC=C3)c2)cc1.[HH].[HH]. The number of carbonyl (C=O) groups is 1. The number of anilines is 2. The zero-order valence-electron chi connectivity index (χ0n) is 19.7. The molecule has 2 atom stereocenters. The maximum absolute atomic E-state index is 12.8. The van der Waals surface area contributed by atoms with Gasteiger partial charge in [0.15, 0.2) is 0 Å². The molecule has 2 N–H and O–H groups in total. The topological polar surface area (TPSA) is 44.4 Å². The van der Waals surface area contributed by atoms with E-state index in [4.69, 9.17) is 0 Å². The lowest BCUT2D eigenvalue weighted by Gasteiger charge is -2.11. The first-order valence-corrected chi connectivity index (χ1v) is 11.7. The van der Waals surface area contributed by atoms with Crippen LogP contribution in [0.5, 0.6) is 0 Å². The molecule has 0 saturated heterocycles. The monoisotopic (exact) mass is 443 g/mol. The van der Waals surface area contributed by atoms with E-state index < -0.39 is 0 Å². The lowest BCUT2D eigenvalue weighted by molar-refractivity contribution is 0.0950. The second-order valence-electron chi connectivity index (χ2n) is 8.91. The second kappa shape index (κ2) is 10.4. The molecular weight excluding hydrogens is 406 g/mol. The lowest BCUT2D eigenvalue weighted by atomic mass is 10.0. The Hall–Kier alpha value is -3.53. The summed E-state index contributed by atoms with van der Waals surface area (Å²) < 4.78 is 0. The molecule has 4 heteroatoms. The molecule has 4 nitrogen and oxygen atoms in total. The van der Waals surface area contributed by atoms with Crippen LogP contribution in [0, 0.1) is 5.92 Å². The van der Waals surface area contributed by atoms with Crippen molar-refractivity contribution in [1.29, 1.82) is 0 Å². The van der Waals surface area contributed by atoms with E-state index >= 15 is 0 Å². The van der Waals surface area contributed by atoms with Crippen LogP contribution < -0.4 is 10.6 Å². The van der Waals surface area contributed by atoms with Gasteiger partial charge in [0.1, 0.15) is 0 Å². The fourth-order valence-electron chi connectivity index (χ4n) is 4.12. The van der Waals surface area contributed by atoms with Gasteiger partial charge in [-0.3, -0.25) is 4.79 Å². The molecule has 2 aromatic rings. The number of benzene rings is 2. The van der Waals surface area contributed by atoms with Gasteiger partial charge in [-0.25, -0.2) is 0 Å². The van der Waals surface area contributed by atoms with E-state index in [-0.39, 0.29) is 14.8 Å². The fraction of sp³-hybridized carbons (Fsp3) is 0.276. The summed E-state index contributed by atoms with van der Waals surface area (Å²) in [5.74, 6) is 0.465. The van der Waals surface area contributed by atoms with E-state index in [2.05, 4.69) is 65.3 Å². The Morgan fingerprint density at radius 3 is 2.58 bits per heavy atom. The zero-order chi connectivity index (χ0) is 23.2. The molecule has 174 valence electrons. The van der Waals surface area contributed by atoms with Crippen molar-refractivity contribution in [2.75, 3.05) is 19.4 Å². The lowest BCUT2D eigenvalue weighted by Crippen LogP contribution is -2.27. The highest BCUT2D eigenvalue weighted by molar-refractivity contribution is 5.95. The van der Waals surface area contributed by atoms with Gasteiger partial charge in [0.25, 0.3) is 5.91 Å². The van der Waals surface area contributed by atoms with E-state index in [1.807, 2.05) is 56.4 Å². The first-order chi connectivity index (χ1) is 16.0. The summed E-state index contributed by atoms with van der Waals surface area (Å²) in [7, 11) is 4.03. The summed E-state index contributed by atoms with van der Waals surface area (Å²) in [6.07, 6.45) is 16.3. The molecular formula is C29H37N3O. The molecule has 0 aliphatic heterocycles. The van der Waals surface area contributed by atoms with Crippen molar-refractivity contribution >= 4 is 22.9 Å². The Morgan fingerprint density at radius 2 is 1.88 bits per heavy atom. The molecule has 0 radical (unpaired) electrons. The van der Waals surface area contributed by atoms with Crippen molar-refractivity contribution in [3.8, 4) is 0 Å². The van der Waals surface area contributed by atoms with Crippen LogP contribution >= 0.6 is 0 Å². The third-order valence-corrected chi connectivity index (χ3v) is 6.05. The minimum atomic E-state index is -0.00714. The van der Waals surface area contributed by atoms with Crippen molar-refractivity contribution in [1.82, 2.24) is 10.2 Å². The predicted molar refractivity (Wildman–Crippen MR) is 143 cm³/mol. The Morgan fingerprint density at radius 1 is 1.06 bits per heavy atom. The predicted octanol–water partition coefficient (Wildman–Crippen LogP) is 6.80. The third-order valence-electron chi connectivity index (χ3n) is 6.05. The van der Waals surface area contributed by atoms with E-state index in [1.54, 1.807) is 0 Å². The molecule has 4 rings (SSSR count). The van der Waals surface area contributed by atoms with Crippen LogP contribution in [0.25, 0.3) is 5.57 Å². The summed E-state index contributed by atoms with van der Waals surface area (Å²) in [6.45, 7) is 2.05. The van der Waals surface area contributed by atoms with Crippen LogP contribution in [-0.2, 0) is 0 Å². The maximum Gasteiger partial charge on any atom is 0.251 e. The summed E-state index contributed by atoms with van der Waals surface area (Å²) in [5, 5.41) is 6.62. The van der Waals surface area contributed by atoms with Crippen molar-refractivity contribution in [3.05, 3.63) is 102 Å². The third kappa shape index (κ3) is 6.04. The molecule has 33 heavy (non-hydrogen) atoms. The van der Waals surface area contributed by atoms with Gasteiger partial charge >= 0.3 is 0 Å². The van der Waals surface area contributed by atoms with E-state index in [0.29, 0.717) is 11.5 Å². The van der Waals surface area contributed by atoms with Gasteiger partial charge in [-0.1, -0.05) is 42.5 Å². The Kier molecular flexibility index (Phi) is 7.13. The van der Waals surface area contributed by atoms with Crippen molar-refractivity contribution in [2.24, 2.45) is 5.92 Å². The van der Waals surface area contributed by atoms with Crippen LogP contribution in [0.4, 0.5) is 11.4 Å². The number of allylic oxidation sites excluding steroid dienone is 6. The molecule has 0 spiro atoms. The van der Waals surface area contributed by atoms with Gasteiger partial charge in [-0.2, -0.15) is 0 Å². The number of carbonyl (C=O) groups excluding carboxylic acids is 1. The molecule has 1 fully saturated rings. The molecule has 0 unspecified atom stereocenters. The Bertz CT molecular complexity index is 1120. The average molecular weight is 444 g/mol. The number of nitrogens with one attached hydrogen (secondary N) is 2. The normalized spacial score (nSPS) is 19.8. The molecule has 0 bridgehead atoms. The number of nitrogens with zero attached hydrogens (tertiary/aromatic N) is 1. The van der Waals surface area contributed by atoms with Gasteiger partial charge < -0.3 is 15.5 Å². The van der Waals surface area contributed by atoms with Gasteiger partial charge in [0.2, 0.25) is 0 Å². The average Bonchev–Trinajstić information content (AvgIpc) is 3.60. The van der Waals surface area contributed by atoms with Gasteiger partial charge in [0, 0.05) is 45.8 Å². The quantitative estimate of drug-likeness (QED) is 0.441. The standard InChI is InChI=1S/C29H33N3O.2H2/c1-4-21(17-18-32(2)3)22-13-15-25(16-14-22)30-26-12-8-11-24(19-26)29(33)31-28-20-27(28)23-9-6-5-7-10-23;;/h4,6,8-19,27-28,30H,5,7,20H2,1-3H3,(H,31,33);2*1H/b18-17-,21-4+;;/t27-,28+;;/m0../s1. The zero-order valence-corrected chi connectivity index (χ0v) is 19.7. The first-order valence-electron chi connectivity index (χ1n) is 11.7. The fourth-order valence-corrected chi connectivity index (χ4v) is 4.12. The van der Waals surface area contributed by atoms with Crippen LogP contribution in [0.2, 0.25) is 0 Å². The number of hydrogen-bond donors (Lipinski definition) is 2. The summed E-state index contributed by atoms with van der Waals surface area (Å²) in [4.78, 5) is 14.8. The smallest absolute Gasteiger partial charge is 0.251 e. The highest BCUT2D eigenvalue weighted by Crippen LogP contribution is 2.39. The van der Waals surface area contributed by atoms with Gasteiger partial charge in [-0.15, -0.1) is 0 Å². The minimum absolute atomic E-state index is 0. The number of amides is 1. The van der Waals surface area contributed by atoms with Crippen LogP contribution in [0.15, 0.2) is 90.7 Å². The van der Waals surface area contributed by atoms with Crippen LogP contribution in [0.3, 0.4) is 0 Å². The Balaban J connectivity index is 0.00000216. The summed E-state index contributed by atoms with van der Waals surface area (Å²) >= 11 is 0. The molecule has 1 amide bonds. The number of rotatable bonds is 8. The van der Waals surface area contributed by atoms with Crippen molar-refractivity contribution in [3.63, 3.8) is 0 Å². The molecule has 0 heterocycles.